The molecule has 1 aromatic rings. The minimum Gasteiger partial charge on any atom is -0.266 e. The molecule has 0 saturated heterocycles. The molecule has 0 aliphatic heterocycles. The highest BCUT2D eigenvalue weighted by atomic mass is 32.2. The van der Waals surface area contributed by atoms with Crippen LogP contribution in [0.15, 0.2) is 40.8 Å². The Bertz CT molecular complexity index is 628. The topological polar surface area (TPSA) is 43.4 Å². The zero-order valence-electron chi connectivity index (χ0n) is 16.4. The SMILES string of the molecule is CCC(CCC=C(C)CC(C)C)CCOS(=O)(=O)c1ccc(C)cc1. The molecule has 4 heteroatoms. The zero-order valence-corrected chi connectivity index (χ0v) is 17.2. The van der Waals surface area contributed by atoms with Crippen LogP contribution in [-0.4, -0.2) is 15.0 Å². The van der Waals surface area contributed by atoms with E-state index in [0.717, 1.165) is 37.7 Å². The van der Waals surface area contributed by atoms with E-state index in [1.54, 1.807) is 24.3 Å². The van der Waals surface area contributed by atoms with Gasteiger partial charge in [0.1, 0.15) is 0 Å². The Hall–Kier alpha value is -1.13. The predicted molar refractivity (Wildman–Crippen MR) is 105 cm³/mol. The number of allylic oxidation sites excluding steroid dienone is 2. The highest BCUT2D eigenvalue weighted by Gasteiger charge is 2.16. The van der Waals surface area contributed by atoms with Crippen molar-refractivity contribution >= 4 is 10.1 Å². The van der Waals surface area contributed by atoms with Crippen molar-refractivity contribution < 1.29 is 12.6 Å². The lowest BCUT2D eigenvalue weighted by atomic mass is 9.95. The van der Waals surface area contributed by atoms with Gasteiger partial charge in [0.15, 0.2) is 0 Å². The molecule has 25 heavy (non-hydrogen) atoms. The summed E-state index contributed by atoms with van der Waals surface area (Å²) in [5.41, 5.74) is 2.48. The normalized spacial score (nSPS) is 14.1. The van der Waals surface area contributed by atoms with Crippen molar-refractivity contribution in [3.05, 3.63) is 41.5 Å². The summed E-state index contributed by atoms with van der Waals surface area (Å²) in [5.74, 6) is 1.19. The average molecular weight is 367 g/mol. The van der Waals surface area contributed by atoms with Gasteiger partial charge in [0, 0.05) is 0 Å². The fraction of sp³-hybridized carbons (Fsp3) is 0.619. The van der Waals surface area contributed by atoms with Crippen LogP contribution < -0.4 is 0 Å². The van der Waals surface area contributed by atoms with Gasteiger partial charge in [0.05, 0.1) is 11.5 Å². The Balaban J connectivity index is 2.43. The molecule has 0 aliphatic carbocycles. The second kappa shape index (κ2) is 10.8. The summed E-state index contributed by atoms with van der Waals surface area (Å²) >= 11 is 0. The fourth-order valence-electron chi connectivity index (χ4n) is 2.94. The van der Waals surface area contributed by atoms with E-state index in [2.05, 4.69) is 33.8 Å². The van der Waals surface area contributed by atoms with Crippen molar-refractivity contribution in [3.63, 3.8) is 0 Å². The van der Waals surface area contributed by atoms with Crippen molar-refractivity contribution in [3.8, 4) is 0 Å². The first-order valence-corrected chi connectivity index (χ1v) is 10.8. The van der Waals surface area contributed by atoms with Crippen LogP contribution >= 0.6 is 0 Å². The van der Waals surface area contributed by atoms with E-state index in [4.69, 9.17) is 4.18 Å². The quantitative estimate of drug-likeness (QED) is 0.362. The van der Waals surface area contributed by atoms with Crippen molar-refractivity contribution in [2.24, 2.45) is 11.8 Å². The monoisotopic (exact) mass is 366 g/mol. The lowest BCUT2D eigenvalue weighted by molar-refractivity contribution is 0.273. The molecule has 1 atom stereocenters. The molecule has 0 heterocycles. The van der Waals surface area contributed by atoms with Gasteiger partial charge in [0.25, 0.3) is 10.1 Å². The minimum absolute atomic E-state index is 0.235. The molecule has 0 spiro atoms. The summed E-state index contributed by atoms with van der Waals surface area (Å²) in [6.07, 6.45) is 7.44. The van der Waals surface area contributed by atoms with Gasteiger partial charge in [-0.05, 0) is 63.5 Å². The standard InChI is InChI=1S/C21H34O3S/c1-6-20(9-7-8-19(5)16-17(2)3)14-15-24-25(22,23)21-12-10-18(4)11-13-21/h8,10-13,17,20H,6-7,9,14-16H2,1-5H3. The van der Waals surface area contributed by atoms with E-state index < -0.39 is 10.1 Å². The first-order chi connectivity index (χ1) is 11.7. The third-order valence-corrected chi connectivity index (χ3v) is 5.78. The Kier molecular flexibility index (Phi) is 9.44. The molecule has 3 nitrogen and oxygen atoms in total. The summed E-state index contributed by atoms with van der Waals surface area (Å²) < 4.78 is 29.6. The van der Waals surface area contributed by atoms with Gasteiger partial charge in [-0.25, -0.2) is 0 Å². The maximum Gasteiger partial charge on any atom is 0.296 e. The second-order valence-corrected chi connectivity index (χ2v) is 8.99. The van der Waals surface area contributed by atoms with Crippen LogP contribution in [0.25, 0.3) is 0 Å². The van der Waals surface area contributed by atoms with E-state index in [1.807, 2.05) is 6.92 Å². The molecule has 0 N–H and O–H groups in total. The van der Waals surface area contributed by atoms with Crippen LogP contribution in [0.2, 0.25) is 0 Å². The second-order valence-electron chi connectivity index (χ2n) is 7.38. The first kappa shape index (κ1) is 21.9. The summed E-state index contributed by atoms with van der Waals surface area (Å²) in [4.78, 5) is 0.235. The number of aryl methyl sites for hydroxylation is 1. The van der Waals surface area contributed by atoms with Crippen molar-refractivity contribution in [1.82, 2.24) is 0 Å². The summed E-state index contributed by atoms with van der Waals surface area (Å²) in [5, 5.41) is 0. The van der Waals surface area contributed by atoms with E-state index in [-0.39, 0.29) is 11.5 Å². The molecule has 0 fully saturated rings. The third-order valence-electron chi connectivity index (χ3n) is 4.45. The summed E-state index contributed by atoms with van der Waals surface area (Å²) in [6.45, 7) is 11.0. The van der Waals surface area contributed by atoms with Crippen molar-refractivity contribution in [2.75, 3.05) is 6.61 Å². The Morgan fingerprint density at radius 3 is 2.36 bits per heavy atom. The molecule has 0 amide bonds. The Morgan fingerprint density at radius 2 is 1.80 bits per heavy atom. The van der Waals surface area contributed by atoms with Gasteiger partial charge in [-0.1, -0.05) is 56.5 Å². The van der Waals surface area contributed by atoms with Crippen molar-refractivity contribution in [1.29, 1.82) is 0 Å². The van der Waals surface area contributed by atoms with Gasteiger partial charge < -0.3 is 0 Å². The first-order valence-electron chi connectivity index (χ1n) is 9.36. The van der Waals surface area contributed by atoms with E-state index in [1.165, 1.54) is 5.57 Å². The van der Waals surface area contributed by atoms with Gasteiger partial charge >= 0.3 is 0 Å². The van der Waals surface area contributed by atoms with Crippen molar-refractivity contribution in [2.45, 2.75) is 71.6 Å². The minimum atomic E-state index is -3.64. The molecular weight excluding hydrogens is 332 g/mol. The third kappa shape index (κ3) is 8.68. The highest BCUT2D eigenvalue weighted by molar-refractivity contribution is 7.86. The molecule has 0 aliphatic rings. The molecule has 0 bridgehead atoms. The van der Waals surface area contributed by atoms with Crippen LogP contribution in [0, 0.1) is 18.8 Å². The molecule has 142 valence electrons. The van der Waals surface area contributed by atoms with Crippen LogP contribution in [0.4, 0.5) is 0 Å². The van der Waals surface area contributed by atoms with Gasteiger partial charge in [0.2, 0.25) is 0 Å². The van der Waals surface area contributed by atoms with Crippen LogP contribution in [0.1, 0.15) is 65.4 Å². The van der Waals surface area contributed by atoms with Crippen LogP contribution in [-0.2, 0) is 14.3 Å². The van der Waals surface area contributed by atoms with Crippen LogP contribution in [0.3, 0.4) is 0 Å². The molecule has 1 aromatic carbocycles. The fourth-order valence-corrected chi connectivity index (χ4v) is 3.86. The van der Waals surface area contributed by atoms with Gasteiger partial charge in [-0.3, -0.25) is 4.18 Å². The van der Waals surface area contributed by atoms with Gasteiger partial charge in [-0.2, -0.15) is 8.42 Å². The smallest absolute Gasteiger partial charge is 0.266 e. The maximum atomic E-state index is 12.2. The number of hydrogen-bond donors (Lipinski definition) is 0. The molecule has 1 rings (SSSR count). The summed E-state index contributed by atoms with van der Waals surface area (Å²) in [6, 6.07) is 6.78. The largest absolute Gasteiger partial charge is 0.296 e. The average Bonchev–Trinajstić information content (AvgIpc) is 2.53. The molecule has 0 saturated carbocycles. The molecule has 1 unspecified atom stereocenters. The Labute approximate surface area is 154 Å². The lowest BCUT2D eigenvalue weighted by Gasteiger charge is -2.14. The molecular formula is C21H34O3S. The lowest BCUT2D eigenvalue weighted by Crippen LogP contribution is -2.11. The van der Waals surface area contributed by atoms with Crippen LogP contribution in [0.5, 0.6) is 0 Å². The number of benzene rings is 1. The highest BCUT2D eigenvalue weighted by Crippen LogP contribution is 2.20. The van der Waals surface area contributed by atoms with E-state index >= 15 is 0 Å². The summed E-state index contributed by atoms with van der Waals surface area (Å²) in [7, 11) is -3.64. The zero-order chi connectivity index (χ0) is 18.9. The number of rotatable bonds is 11. The predicted octanol–water partition coefficient (Wildman–Crippen LogP) is 5.89. The van der Waals surface area contributed by atoms with E-state index in [0.29, 0.717) is 11.8 Å². The number of hydrogen-bond acceptors (Lipinski definition) is 3. The Morgan fingerprint density at radius 1 is 1.16 bits per heavy atom. The van der Waals surface area contributed by atoms with Gasteiger partial charge in [-0.15, -0.1) is 0 Å². The van der Waals surface area contributed by atoms with E-state index in [9.17, 15) is 8.42 Å². The molecule has 0 radical (unpaired) electrons. The molecule has 0 aromatic heterocycles. The maximum absolute atomic E-state index is 12.2.